The Morgan fingerprint density at radius 1 is 0.971 bits per heavy atom. The molecule has 10 heteroatoms. The zero-order valence-corrected chi connectivity index (χ0v) is 20.7. The molecule has 0 unspecified atom stereocenters. The summed E-state index contributed by atoms with van der Waals surface area (Å²) in [6.07, 6.45) is 0. The quantitative estimate of drug-likeness (QED) is 0.494. The van der Waals surface area contributed by atoms with E-state index >= 15 is 0 Å². The molecule has 2 aromatic carbocycles. The highest BCUT2D eigenvalue weighted by atomic mass is 32.1. The number of carbonyl (C=O) groups is 1. The number of hydrogen-bond acceptors (Lipinski definition) is 9. The van der Waals surface area contributed by atoms with Gasteiger partial charge in [-0.05, 0) is 24.3 Å². The average Bonchev–Trinajstić information content (AvgIpc) is 3.32. The SMILES string of the molecule is COc1ccc(C(=O)NCCN2CCN(c3nc4c(OC)c(OC)ccc4s3)CC2)c(OC)c1. The maximum Gasteiger partial charge on any atom is 0.255 e. The van der Waals surface area contributed by atoms with E-state index in [9.17, 15) is 4.79 Å². The van der Waals surface area contributed by atoms with Gasteiger partial charge < -0.3 is 29.2 Å². The van der Waals surface area contributed by atoms with Crippen molar-refractivity contribution in [2.75, 3.05) is 72.6 Å². The second kappa shape index (κ2) is 10.8. The summed E-state index contributed by atoms with van der Waals surface area (Å²) in [5.74, 6) is 2.35. The summed E-state index contributed by atoms with van der Waals surface area (Å²) in [6.45, 7) is 4.89. The molecule has 4 rings (SSSR count). The molecule has 1 aromatic heterocycles. The van der Waals surface area contributed by atoms with Crippen LogP contribution in [0.25, 0.3) is 10.2 Å². The fourth-order valence-corrected chi connectivity index (χ4v) is 5.02. The number of aromatic nitrogens is 1. The number of methoxy groups -OCH3 is 4. The van der Waals surface area contributed by atoms with Crippen LogP contribution in [0.4, 0.5) is 5.13 Å². The van der Waals surface area contributed by atoms with Gasteiger partial charge in [0, 0.05) is 45.3 Å². The van der Waals surface area contributed by atoms with Gasteiger partial charge >= 0.3 is 0 Å². The summed E-state index contributed by atoms with van der Waals surface area (Å²) < 4.78 is 22.5. The molecule has 1 aliphatic heterocycles. The van der Waals surface area contributed by atoms with Gasteiger partial charge in [-0.1, -0.05) is 11.3 Å². The van der Waals surface area contributed by atoms with Crippen molar-refractivity contribution in [3.63, 3.8) is 0 Å². The zero-order chi connectivity index (χ0) is 24.1. The number of carbonyl (C=O) groups excluding carboxylic acids is 1. The summed E-state index contributed by atoms with van der Waals surface area (Å²) in [6, 6.07) is 9.12. The summed E-state index contributed by atoms with van der Waals surface area (Å²) in [5, 5.41) is 3.98. The first-order valence-electron chi connectivity index (χ1n) is 11.1. The smallest absolute Gasteiger partial charge is 0.255 e. The maximum atomic E-state index is 12.6. The van der Waals surface area contributed by atoms with Crippen molar-refractivity contribution >= 4 is 32.6 Å². The van der Waals surface area contributed by atoms with E-state index in [2.05, 4.69) is 15.1 Å². The molecule has 1 aliphatic rings. The van der Waals surface area contributed by atoms with E-state index < -0.39 is 0 Å². The highest BCUT2D eigenvalue weighted by molar-refractivity contribution is 7.22. The third-order valence-electron chi connectivity index (χ3n) is 5.90. The predicted octanol–water partition coefficient (Wildman–Crippen LogP) is 2.88. The lowest BCUT2D eigenvalue weighted by atomic mass is 10.1. The first-order valence-corrected chi connectivity index (χ1v) is 11.9. The van der Waals surface area contributed by atoms with Gasteiger partial charge in [-0.2, -0.15) is 0 Å². The van der Waals surface area contributed by atoms with Crippen molar-refractivity contribution in [3.8, 4) is 23.0 Å². The molecule has 0 bridgehead atoms. The van der Waals surface area contributed by atoms with Gasteiger partial charge in [0.25, 0.3) is 5.91 Å². The summed E-state index contributed by atoms with van der Waals surface area (Å²) in [7, 11) is 6.40. The molecule has 0 radical (unpaired) electrons. The number of anilines is 1. The first-order chi connectivity index (χ1) is 16.6. The topological polar surface area (TPSA) is 85.4 Å². The second-order valence-electron chi connectivity index (χ2n) is 7.80. The lowest BCUT2D eigenvalue weighted by molar-refractivity contribution is 0.0944. The number of nitrogens with one attached hydrogen (secondary N) is 1. The lowest BCUT2D eigenvalue weighted by Gasteiger charge is -2.34. The van der Waals surface area contributed by atoms with Crippen LogP contribution in [0.3, 0.4) is 0 Å². The van der Waals surface area contributed by atoms with Crippen LogP contribution in [0.5, 0.6) is 23.0 Å². The minimum absolute atomic E-state index is 0.156. The number of benzene rings is 2. The van der Waals surface area contributed by atoms with Crippen molar-refractivity contribution in [3.05, 3.63) is 35.9 Å². The van der Waals surface area contributed by atoms with Crippen LogP contribution in [0, 0.1) is 0 Å². The Kier molecular flexibility index (Phi) is 7.59. The van der Waals surface area contributed by atoms with Gasteiger partial charge in [-0.15, -0.1) is 0 Å². The molecular formula is C24H30N4O5S. The molecule has 34 heavy (non-hydrogen) atoms. The highest BCUT2D eigenvalue weighted by Gasteiger charge is 2.22. The number of thiazole rings is 1. The second-order valence-corrected chi connectivity index (χ2v) is 8.80. The number of fused-ring (bicyclic) bond motifs is 1. The molecule has 3 aromatic rings. The molecule has 182 valence electrons. The molecule has 0 saturated carbocycles. The molecule has 1 N–H and O–H groups in total. The van der Waals surface area contributed by atoms with Crippen molar-refractivity contribution in [2.24, 2.45) is 0 Å². The Bertz CT molecular complexity index is 1140. The number of ether oxygens (including phenoxy) is 4. The lowest BCUT2D eigenvalue weighted by Crippen LogP contribution is -2.48. The molecule has 0 aliphatic carbocycles. The number of nitrogens with zero attached hydrogens (tertiary/aromatic N) is 3. The molecule has 1 saturated heterocycles. The third kappa shape index (κ3) is 4.97. The van der Waals surface area contributed by atoms with Gasteiger partial charge in [0.05, 0.1) is 38.7 Å². The van der Waals surface area contributed by atoms with Crippen LogP contribution < -0.4 is 29.2 Å². The summed E-state index contributed by atoms with van der Waals surface area (Å²) >= 11 is 1.66. The van der Waals surface area contributed by atoms with Crippen LogP contribution in [0.2, 0.25) is 0 Å². The Labute approximate surface area is 203 Å². The minimum Gasteiger partial charge on any atom is -0.497 e. The number of piperazine rings is 1. The monoisotopic (exact) mass is 486 g/mol. The van der Waals surface area contributed by atoms with Crippen molar-refractivity contribution < 1.29 is 23.7 Å². The molecule has 1 fully saturated rings. The van der Waals surface area contributed by atoms with E-state index in [4.69, 9.17) is 23.9 Å². The average molecular weight is 487 g/mol. The van der Waals surface area contributed by atoms with E-state index in [1.807, 2.05) is 12.1 Å². The van der Waals surface area contributed by atoms with Gasteiger partial charge in [-0.25, -0.2) is 4.98 Å². The number of rotatable bonds is 9. The molecule has 0 atom stereocenters. The maximum absolute atomic E-state index is 12.6. The normalized spacial score (nSPS) is 14.2. The van der Waals surface area contributed by atoms with E-state index in [1.54, 1.807) is 58.0 Å². The van der Waals surface area contributed by atoms with Crippen LogP contribution in [0.1, 0.15) is 10.4 Å². The van der Waals surface area contributed by atoms with Gasteiger partial charge in [0.2, 0.25) is 0 Å². The number of hydrogen-bond donors (Lipinski definition) is 1. The Morgan fingerprint density at radius 2 is 1.74 bits per heavy atom. The van der Waals surface area contributed by atoms with Crippen molar-refractivity contribution in [2.45, 2.75) is 0 Å². The van der Waals surface area contributed by atoms with E-state index in [1.165, 1.54) is 0 Å². The van der Waals surface area contributed by atoms with Crippen LogP contribution >= 0.6 is 11.3 Å². The summed E-state index contributed by atoms with van der Waals surface area (Å²) in [5.41, 5.74) is 1.33. The predicted molar refractivity (Wildman–Crippen MR) is 133 cm³/mol. The van der Waals surface area contributed by atoms with E-state index in [0.717, 1.165) is 48.1 Å². The van der Waals surface area contributed by atoms with Crippen LogP contribution in [-0.2, 0) is 0 Å². The standard InChI is InChI=1S/C24H30N4O5S/c1-30-16-5-6-17(19(15-16)32-3)23(29)25-9-10-27-11-13-28(14-12-27)24-26-21-20(34-24)8-7-18(31-2)22(21)33-4/h5-8,15H,9-14H2,1-4H3,(H,25,29). The molecule has 0 spiro atoms. The fourth-order valence-electron chi connectivity index (χ4n) is 4.00. The molecule has 9 nitrogen and oxygen atoms in total. The van der Waals surface area contributed by atoms with E-state index in [0.29, 0.717) is 35.1 Å². The third-order valence-corrected chi connectivity index (χ3v) is 6.98. The molecular weight excluding hydrogens is 456 g/mol. The van der Waals surface area contributed by atoms with Gasteiger partial charge in [0.15, 0.2) is 16.6 Å². The van der Waals surface area contributed by atoms with Crippen molar-refractivity contribution in [1.82, 2.24) is 15.2 Å². The zero-order valence-electron chi connectivity index (χ0n) is 19.9. The van der Waals surface area contributed by atoms with Crippen molar-refractivity contribution in [1.29, 1.82) is 0 Å². The first kappa shape index (κ1) is 23.9. The summed E-state index contributed by atoms with van der Waals surface area (Å²) in [4.78, 5) is 22.1. The van der Waals surface area contributed by atoms with Gasteiger partial charge in [0.1, 0.15) is 17.0 Å². The van der Waals surface area contributed by atoms with Gasteiger partial charge in [-0.3, -0.25) is 9.69 Å². The van der Waals surface area contributed by atoms with E-state index in [-0.39, 0.29) is 5.91 Å². The Balaban J connectivity index is 1.30. The van der Waals surface area contributed by atoms with Crippen LogP contribution in [-0.4, -0.2) is 83.5 Å². The Hall–Kier alpha value is -3.24. The minimum atomic E-state index is -0.156. The largest absolute Gasteiger partial charge is 0.497 e. The molecule has 1 amide bonds. The number of amides is 1. The highest BCUT2D eigenvalue weighted by Crippen LogP contribution is 2.40. The fraction of sp³-hybridized carbons (Fsp3) is 0.417. The molecule has 2 heterocycles. The van der Waals surface area contributed by atoms with Crippen LogP contribution in [0.15, 0.2) is 30.3 Å². The Morgan fingerprint density at radius 3 is 2.41 bits per heavy atom.